The minimum atomic E-state index is -3.67. The van der Waals surface area contributed by atoms with E-state index in [1.807, 2.05) is 0 Å². The van der Waals surface area contributed by atoms with Crippen molar-refractivity contribution in [3.8, 4) is 5.75 Å². The Hall–Kier alpha value is -1.61. The molecule has 0 aromatic heterocycles. The number of carbonyl (C=O) groups excluding carboxylic acids is 1. The Labute approximate surface area is 191 Å². The van der Waals surface area contributed by atoms with Crippen LogP contribution < -0.4 is 14.4 Å². The Morgan fingerprint density at radius 1 is 1.17 bits per heavy atom. The van der Waals surface area contributed by atoms with Crippen LogP contribution in [0.25, 0.3) is 0 Å². The Morgan fingerprint density at radius 2 is 1.77 bits per heavy atom. The Kier molecular flexibility index (Phi) is 9.15. The fourth-order valence-electron chi connectivity index (χ4n) is 2.78. The highest BCUT2D eigenvalue weighted by Gasteiger charge is 2.28. The van der Waals surface area contributed by atoms with Crippen molar-refractivity contribution >= 4 is 56.6 Å². The number of nitrogens with one attached hydrogen (secondary N) is 1. The van der Waals surface area contributed by atoms with Crippen molar-refractivity contribution in [1.82, 2.24) is 5.32 Å². The topological polar surface area (TPSA) is 75.7 Å². The average Bonchev–Trinajstić information content (AvgIpc) is 2.69. The number of ether oxygens (including phenoxy) is 1. The molecule has 30 heavy (non-hydrogen) atoms. The number of amides is 1. The minimum Gasteiger partial charge on any atom is -0.497 e. The third-order valence-electron chi connectivity index (χ3n) is 4.27. The van der Waals surface area contributed by atoms with E-state index in [2.05, 4.69) is 5.32 Å². The zero-order valence-electron chi connectivity index (χ0n) is 16.9. The molecule has 6 nitrogen and oxygen atoms in total. The third kappa shape index (κ3) is 6.70. The summed E-state index contributed by atoms with van der Waals surface area (Å²) in [5.74, 6) is 1.46. The summed E-state index contributed by atoms with van der Waals surface area (Å²) in [6.45, 7) is 1.94. The predicted octanol–water partition coefficient (Wildman–Crippen LogP) is 4.21. The summed E-state index contributed by atoms with van der Waals surface area (Å²) in [5.41, 5.74) is 1.25. The van der Waals surface area contributed by atoms with Crippen LogP contribution in [-0.4, -0.2) is 46.0 Å². The fourth-order valence-corrected chi connectivity index (χ4v) is 5.55. The first-order chi connectivity index (χ1) is 14.1. The van der Waals surface area contributed by atoms with Crippen LogP contribution in [-0.2, 0) is 20.6 Å². The van der Waals surface area contributed by atoms with Gasteiger partial charge in [-0.05, 0) is 48.9 Å². The average molecular weight is 491 g/mol. The zero-order chi connectivity index (χ0) is 22.3. The molecule has 2 aromatic carbocycles. The first-order valence-electron chi connectivity index (χ1n) is 9.07. The van der Waals surface area contributed by atoms with Crippen LogP contribution in [0.5, 0.6) is 5.75 Å². The molecule has 1 amide bonds. The van der Waals surface area contributed by atoms with E-state index >= 15 is 0 Å². The van der Waals surface area contributed by atoms with E-state index in [-0.39, 0.29) is 5.91 Å². The van der Waals surface area contributed by atoms with Crippen LogP contribution in [0.2, 0.25) is 10.0 Å². The summed E-state index contributed by atoms with van der Waals surface area (Å²) in [4.78, 5) is 12.6. The molecule has 0 bridgehead atoms. The number of hydrogen-bond donors (Lipinski definition) is 1. The van der Waals surface area contributed by atoms with Crippen molar-refractivity contribution in [3.05, 3.63) is 58.1 Å². The summed E-state index contributed by atoms with van der Waals surface area (Å²) < 4.78 is 30.8. The molecule has 0 unspecified atom stereocenters. The minimum absolute atomic E-state index is 0.382. The molecule has 10 heteroatoms. The van der Waals surface area contributed by atoms with Crippen molar-refractivity contribution in [1.29, 1.82) is 0 Å². The molecule has 0 fully saturated rings. The second-order valence-electron chi connectivity index (χ2n) is 6.48. The van der Waals surface area contributed by atoms with E-state index in [0.717, 1.165) is 16.1 Å². The molecule has 0 aliphatic heterocycles. The van der Waals surface area contributed by atoms with Gasteiger partial charge in [-0.25, -0.2) is 8.42 Å². The second-order valence-corrected chi connectivity index (χ2v) is 10.3. The number of rotatable bonds is 10. The molecule has 1 N–H and O–H groups in total. The van der Waals surface area contributed by atoms with Gasteiger partial charge in [-0.15, -0.1) is 0 Å². The maximum Gasteiger partial charge on any atom is 0.243 e. The summed E-state index contributed by atoms with van der Waals surface area (Å²) in [6, 6.07) is 11.0. The first-order valence-corrected chi connectivity index (χ1v) is 12.8. The molecule has 0 radical (unpaired) electrons. The number of benzene rings is 2. The number of hydrogen-bond acceptors (Lipinski definition) is 5. The lowest BCUT2D eigenvalue weighted by atomic mass is 10.2. The summed E-state index contributed by atoms with van der Waals surface area (Å²) in [7, 11) is -2.14. The van der Waals surface area contributed by atoms with Gasteiger partial charge >= 0.3 is 0 Å². The van der Waals surface area contributed by atoms with Gasteiger partial charge in [0.1, 0.15) is 11.8 Å². The van der Waals surface area contributed by atoms with Gasteiger partial charge in [0.15, 0.2) is 0 Å². The van der Waals surface area contributed by atoms with Crippen molar-refractivity contribution in [2.75, 3.05) is 30.0 Å². The van der Waals surface area contributed by atoms with Gasteiger partial charge in [-0.2, -0.15) is 11.8 Å². The van der Waals surface area contributed by atoms with Gasteiger partial charge in [0.25, 0.3) is 0 Å². The highest BCUT2D eigenvalue weighted by Crippen LogP contribution is 2.28. The quantitative estimate of drug-likeness (QED) is 0.504. The number of anilines is 1. The van der Waals surface area contributed by atoms with Crippen LogP contribution in [0.4, 0.5) is 5.69 Å². The maximum atomic E-state index is 12.6. The second kappa shape index (κ2) is 11.1. The van der Waals surface area contributed by atoms with Gasteiger partial charge in [0.2, 0.25) is 15.9 Å². The van der Waals surface area contributed by atoms with Gasteiger partial charge in [-0.3, -0.25) is 9.10 Å². The van der Waals surface area contributed by atoms with Crippen molar-refractivity contribution < 1.29 is 17.9 Å². The lowest BCUT2D eigenvalue weighted by Gasteiger charge is -2.28. The molecule has 2 rings (SSSR count). The van der Waals surface area contributed by atoms with Gasteiger partial charge in [0, 0.05) is 28.1 Å². The van der Waals surface area contributed by atoms with Crippen molar-refractivity contribution in [2.45, 2.75) is 18.7 Å². The van der Waals surface area contributed by atoms with Crippen LogP contribution >= 0.6 is 35.0 Å². The van der Waals surface area contributed by atoms with Crippen molar-refractivity contribution in [2.24, 2.45) is 0 Å². The van der Waals surface area contributed by atoms with Crippen LogP contribution in [0.1, 0.15) is 12.5 Å². The molecule has 0 spiro atoms. The van der Waals surface area contributed by atoms with E-state index in [1.165, 1.54) is 7.11 Å². The van der Waals surface area contributed by atoms with Gasteiger partial charge in [0.05, 0.1) is 19.1 Å². The third-order valence-corrected chi connectivity index (χ3v) is 7.20. The molecule has 1 atom stereocenters. The van der Waals surface area contributed by atoms with Crippen LogP contribution in [0.15, 0.2) is 42.5 Å². The Bertz CT molecular complexity index is 949. The van der Waals surface area contributed by atoms with E-state index < -0.39 is 16.1 Å². The fraction of sp³-hybridized carbons (Fsp3) is 0.350. The standard InChI is InChI=1S/C20H24Cl2N2O4S2/c1-14(24(30(3,26)27)15-7-9-16(28-2)10-8-15)20(25)23-11-12-29-13-17-18(21)5-4-6-19(17)22/h4-10,14H,11-13H2,1-3H3,(H,23,25)/t14-/m0/s1. The number of nitrogens with zero attached hydrogens (tertiary/aromatic N) is 1. The highest BCUT2D eigenvalue weighted by atomic mass is 35.5. The molecule has 0 aliphatic carbocycles. The molecule has 2 aromatic rings. The number of thioether (sulfide) groups is 1. The number of sulfonamides is 1. The van der Waals surface area contributed by atoms with E-state index in [4.69, 9.17) is 27.9 Å². The first kappa shape index (κ1) is 24.7. The normalized spacial score (nSPS) is 12.3. The molecule has 0 saturated carbocycles. The zero-order valence-corrected chi connectivity index (χ0v) is 20.0. The molecule has 0 aliphatic rings. The number of methoxy groups -OCH3 is 1. The smallest absolute Gasteiger partial charge is 0.243 e. The summed E-state index contributed by atoms with van der Waals surface area (Å²) >= 11 is 13.9. The van der Waals surface area contributed by atoms with Gasteiger partial charge < -0.3 is 10.1 Å². The van der Waals surface area contributed by atoms with E-state index in [1.54, 1.807) is 61.2 Å². The number of halogens is 2. The molecule has 164 valence electrons. The van der Waals surface area contributed by atoms with E-state index in [9.17, 15) is 13.2 Å². The van der Waals surface area contributed by atoms with E-state index in [0.29, 0.717) is 39.5 Å². The summed E-state index contributed by atoms with van der Waals surface area (Å²) in [5, 5.41) is 4.00. The Morgan fingerprint density at radius 3 is 2.30 bits per heavy atom. The number of carbonyl (C=O) groups is 1. The largest absolute Gasteiger partial charge is 0.497 e. The molecule has 0 heterocycles. The highest BCUT2D eigenvalue weighted by molar-refractivity contribution is 7.98. The van der Waals surface area contributed by atoms with Crippen LogP contribution in [0.3, 0.4) is 0 Å². The SMILES string of the molecule is COc1ccc(N([C@@H](C)C(=O)NCCSCc2c(Cl)cccc2Cl)S(C)(=O)=O)cc1. The Balaban J connectivity index is 1.93. The maximum absolute atomic E-state index is 12.6. The van der Waals surface area contributed by atoms with Crippen LogP contribution in [0, 0.1) is 0 Å². The van der Waals surface area contributed by atoms with Crippen molar-refractivity contribution in [3.63, 3.8) is 0 Å². The molecule has 0 saturated heterocycles. The predicted molar refractivity (Wildman–Crippen MR) is 125 cm³/mol. The lowest BCUT2D eigenvalue weighted by Crippen LogP contribution is -2.48. The molecular formula is C20H24Cl2N2O4S2. The van der Waals surface area contributed by atoms with Gasteiger partial charge in [-0.1, -0.05) is 29.3 Å². The lowest BCUT2D eigenvalue weighted by molar-refractivity contribution is -0.121. The summed E-state index contributed by atoms with van der Waals surface area (Å²) in [6.07, 6.45) is 1.07. The monoisotopic (exact) mass is 490 g/mol. The molecular weight excluding hydrogens is 467 g/mol.